The van der Waals surface area contributed by atoms with Crippen LogP contribution < -0.4 is 4.90 Å². The number of rotatable bonds is 5. The van der Waals surface area contributed by atoms with Gasteiger partial charge in [-0.3, -0.25) is 4.90 Å². The Kier molecular flexibility index (Phi) is 6.59. The highest BCUT2D eigenvalue weighted by Crippen LogP contribution is 2.32. The number of hydrogen-bond donors (Lipinski definition) is 0. The minimum Gasteiger partial charge on any atom is -0.455 e. The SMILES string of the molecule is COC(=O)N(C)c1ccccc1C(=O)OCc1csc(-c2ccc(C(F)(F)F)cc2)n1. The number of methoxy groups -OCH3 is 1. The van der Waals surface area contributed by atoms with E-state index < -0.39 is 23.8 Å². The summed E-state index contributed by atoms with van der Waals surface area (Å²) in [6.07, 6.45) is -5.04. The number of alkyl halides is 3. The Bertz CT molecular complexity index is 1080. The first-order valence-corrected chi connectivity index (χ1v) is 9.78. The van der Waals surface area contributed by atoms with E-state index >= 15 is 0 Å². The zero-order valence-corrected chi connectivity index (χ0v) is 17.3. The minimum absolute atomic E-state index is 0.133. The van der Waals surface area contributed by atoms with Gasteiger partial charge in [0.15, 0.2) is 0 Å². The molecule has 2 aromatic carbocycles. The molecule has 10 heteroatoms. The lowest BCUT2D eigenvalue weighted by Crippen LogP contribution is -2.27. The molecular formula is C21H17F3N2O4S. The van der Waals surface area contributed by atoms with Crippen molar-refractivity contribution in [3.8, 4) is 10.6 Å². The second-order valence-corrected chi connectivity index (χ2v) is 7.20. The predicted octanol–water partition coefficient (Wildman–Crippen LogP) is 5.39. The molecule has 1 heterocycles. The lowest BCUT2D eigenvalue weighted by molar-refractivity contribution is -0.137. The second kappa shape index (κ2) is 9.17. The first-order chi connectivity index (χ1) is 14.7. The normalized spacial score (nSPS) is 11.1. The van der Waals surface area contributed by atoms with Crippen LogP contribution in [-0.4, -0.2) is 31.2 Å². The number of aromatic nitrogens is 1. The fourth-order valence-corrected chi connectivity index (χ4v) is 3.51. The molecule has 3 aromatic rings. The zero-order chi connectivity index (χ0) is 22.6. The van der Waals surface area contributed by atoms with Crippen molar-refractivity contribution in [3.63, 3.8) is 0 Å². The van der Waals surface area contributed by atoms with Gasteiger partial charge in [-0.2, -0.15) is 13.2 Å². The van der Waals surface area contributed by atoms with Gasteiger partial charge in [-0.1, -0.05) is 24.3 Å². The van der Waals surface area contributed by atoms with Gasteiger partial charge in [0, 0.05) is 18.0 Å². The predicted molar refractivity (Wildman–Crippen MR) is 109 cm³/mol. The molecular weight excluding hydrogens is 433 g/mol. The van der Waals surface area contributed by atoms with Crippen molar-refractivity contribution in [1.29, 1.82) is 0 Å². The molecule has 0 atom stereocenters. The molecule has 0 aliphatic heterocycles. The molecule has 6 nitrogen and oxygen atoms in total. The van der Waals surface area contributed by atoms with E-state index in [1.807, 2.05) is 0 Å². The molecule has 0 aliphatic rings. The second-order valence-electron chi connectivity index (χ2n) is 6.34. The van der Waals surface area contributed by atoms with E-state index in [1.165, 1.54) is 48.6 Å². The Balaban J connectivity index is 1.69. The van der Waals surface area contributed by atoms with E-state index in [-0.39, 0.29) is 12.2 Å². The van der Waals surface area contributed by atoms with Gasteiger partial charge in [0.05, 0.1) is 29.6 Å². The average molecular weight is 450 g/mol. The van der Waals surface area contributed by atoms with Crippen LogP contribution in [0.4, 0.5) is 23.7 Å². The molecule has 0 N–H and O–H groups in total. The van der Waals surface area contributed by atoms with E-state index in [9.17, 15) is 22.8 Å². The van der Waals surface area contributed by atoms with Crippen LogP contribution in [0.25, 0.3) is 10.6 Å². The fraction of sp³-hybridized carbons (Fsp3) is 0.190. The molecule has 0 saturated carbocycles. The van der Waals surface area contributed by atoms with Gasteiger partial charge in [-0.15, -0.1) is 11.3 Å². The number of carbonyl (C=O) groups is 2. The number of thiazole rings is 1. The summed E-state index contributed by atoms with van der Waals surface area (Å²) in [4.78, 5) is 29.8. The zero-order valence-electron chi connectivity index (χ0n) is 16.5. The van der Waals surface area contributed by atoms with Gasteiger partial charge in [0.2, 0.25) is 0 Å². The number of ether oxygens (including phenoxy) is 2. The van der Waals surface area contributed by atoms with Crippen LogP contribution in [0.5, 0.6) is 0 Å². The maximum absolute atomic E-state index is 12.7. The third-order valence-electron chi connectivity index (χ3n) is 4.30. The lowest BCUT2D eigenvalue weighted by Gasteiger charge is -2.18. The number of nitrogens with zero attached hydrogens (tertiary/aromatic N) is 2. The van der Waals surface area contributed by atoms with Gasteiger partial charge in [-0.25, -0.2) is 14.6 Å². The van der Waals surface area contributed by atoms with Crippen LogP contribution >= 0.6 is 11.3 Å². The Morgan fingerprint density at radius 1 is 1.10 bits per heavy atom. The number of esters is 1. The van der Waals surface area contributed by atoms with Crippen molar-refractivity contribution in [1.82, 2.24) is 4.98 Å². The van der Waals surface area contributed by atoms with Gasteiger partial charge in [0.25, 0.3) is 0 Å². The largest absolute Gasteiger partial charge is 0.455 e. The molecule has 1 aromatic heterocycles. The van der Waals surface area contributed by atoms with Crippen LogP contribution in [-0.2, 0) is 22.3 Å². The fourth-order valence-electron chi connectivity index (χ4n) is 2.70. The van der Waals surface area contributed by atoms with Gasteiger partial charge < -0.3 is 9.47 Å². The molecule has 1 amide bonds. The topological polar surface area (TPSA) is 68.7 Å². The highest BCUT2D eigenvalue weighted by Gasteiger charge is 2.30. The van der Waals surface area contributed by atoms with Crippen LogP contribution in [0, 0.1) is 0 Å². The summed E-state index contributed by atoms with van der Waals surface area (Å²) in [7, 11) is 2.70. The summed E-state index contributed by atoms with van der Waals surface area (Å²) in [5.74, 6) is -0.657. The summed E-state index contributed by atoms with van der Waals surface area (Å²) in [6.45, 7) is -0.133. The molecule has 0 bridgehead atoms. The molecule has 0 fully saturated rings. The first kappa shape index (κ1) is 22.3. The van der Waals surface area contributed by atoms with Crippen molar-refractivity contribution >= 4 is 29.1 Å². The molecule has 0 saturated heterocycles. The van der Waals surface area contributed by atoms with Crippen molar-refractivity contribution in [3.05, 3.63) is 70.7 Å². The number of anilines is 1. The summed E-state index contributed by atoms with van der Waals surface area (Å²) >= 11 is 1.23. The minimum atomic E-state index is -4.40. The smallest absolute Gasteiger partial charge is 0.416 e. The van der Waals surface area contributed by atoms with Gasteiger partial charge >= 0.3 is 18.2 Å². The number of carbonyl (C=O) groups excluding carboxylic acids is 2. The summed E-state index contributed by atoms with van der Waals surface area (Å²) in [6, 6.07) is 11.1. The van der Waals surface area contributed by atoms with Gasteiger partial charge in [-0.05, 0) is 24.3 Å². The molecule has 162 valence electrons. The van der Waals surface area contributed by atoms with Crippen LogP contribution in [0.1, 0.15) is 21.6 Å². The summed E-state index contributed by atoms with van der Waals surface area (Å²) in [5.41, 5.74) is 0.738. The molecule has 31 heavy (non-hydrogen) atoms. The van der Waals surface area contributed by atoms with Crippen molar-refractivity contribution < 1.29 is 32.2 Å². The van der Waals surface area contributed by atoms with E-state index in [2.05, 4.69) is 9.72 Å². The first-order valence-electron chi connectivity index (χ1n) is 8.90. The third kappa shape index (κ3) is 5.21. The number of halogens is 3. The maximum Gasteiger partial charge on any atom is 0.416 e. The highest BCUT2D eigenvalue weighted by molar-refractivity contribution is 7.13. The number of hydrogen-bond acceptors (Lipinski definition) is 6. The third-order valence-corrected chi connectivity index (χ3v) is 5.24. The van der Waals surface area contributed by atoms with E-state index in [0.717, 1.165) is 12.1 Å². The molecule has 0 spiro atoms. The number of para-hydroxylation sites is 1. The van der Waals surface area contributed by atoms with E-state index in [0.29, 0.717) is 22.0 Å². The molecule has 0 aliphatic carbocycles. The van der Waals surface area contributed by atoms with Crippen molar-refractivity contribution in [2.24, 2.45) is 0 Å². The van der Waals surface area contributed by atoms with Crippen LogP contribution in [0.15, 0.2) is 53.9 Å². The van der Waals surface area contributed by atoms with E-state index in [4.69, 9.17) is 4.74 Å². The summed E-state index contributed by atoms with van der Waals surface area (Å²) in [5, 5.41) is 2.16. The number of amides is 1. The molecule has 3 rings (SSSR count). The Labute approximate surface area is 179 Å². The number of benzene rings is 2. The Hall–Kier alpha value is -3.40. The standard InChI is InChI=1S/C21H17F3N2O4S/c1-26(20(28)29-2)17-6-4-3-5-16(17)19(27)30-11-15-12-31-18(25-15)13-7-9-14(10-8-13)21(22,23)24/h3-10,12H,11H2,1-2H3. The average Bonchev–Trinajstić information content (AvgIpc) is 3.25. The molecule has 0 radical (unpaired) electrons. The Morgan fingerprint density at radius 3 is 2.42 bits per heavy atom. The summed E-state index contributed by atoms with van der Waals surface area (Å²) < 4.78 is 48.1. The van der Waals surface area contributed by atoms with Crippen LogP contribution in [0.2, 0.25) is 0 Å². The van der Waals surface area contributed by atoms with Gasteiger partial charge in [0.1, 0.15) is 11.6 Å². The maximum atomic E-state index is 12.7. The lowest BCUT2D eigenvalue weighted by atomic mass is 10.1. The Morgan fingerprint density at radius 2 is 1.77 bits per heavy atom. The van der Waals surface area contributed by atoms with Crippen molar-refractivity contribution in [2.45, 2.75) is 12.8 Å². The molecule has 0 unspecified atom stereocenters. The monoisotopic (exact) mass is 450 g/mol. The van der Waals surface area contributed by atoms with Crippen molar-refractivity contribution in [2.75, 3.05) is 19.1 Å². The van der Waals surface area contributed by atoms with E-state index in [1.54, 1.807) is 23.6 Å². The quantitative estimate of drug-likeness (QED) is 0.488. The highest BCUT2D eigenvalue weighted by atomic mass is 32.1. The van der Waals surface area contributed by atoms with Crippen LogP contribution in [0.3, 0.4) is 0 Å².